The molecule has 3 rings (SSSR count). The van der Waals surface area contributed by atoms with E-state index in [0.29, 0.717) is 0 Å². The van der Waals surface area contributed by atoms with Crippen LogP contribution >= 0.6 is 0 Å². The number of aliphatic carboxylic acids is 1. The van der Waals surface area contributed by atoms with Gasteiger partial charge < -0.3 is 30.5 Å². The van der Waals surface area contributed by atoms with Gasteiger partial charge in [0.2, 0.25) is 5.91 Å². The van der Waals surface area contributed by atoms with Crippen molar-refractivity contribution in [2.24, 2.45) is 0 Å². The van der Waals surface area contributed by atoms with E-state index < -0.39 is 36.2 Å². The molecule has 0 saturated heterocycles. The normalized spacial score (nSPS) is 15.2. The third-order valence-corrected chi connectivity index (χ3v) is 5.55. The van der Waals surface area contributed by atoms with Gasteiger partial charge in [-0.15, -0.1) is 0 Å². The van der Waals surface area contributed by atoms with Crippen LogP contribution in [0.2, 0.25) is 0 Å². The third kappa shape index (κ3) is 5.68. The number of fused-ring (bicyclic) bond motifs is 3. The Morgan fingerprint density at radius 1 is 1.00 bits per heavy atom. The first-order valence-electron chi connectivity index (χ1n) is 10.7. The number of aliphatic hydroxyl groups excluding tert-OH is 1. The molecule has 4 N–H and O–H groups in total. The molecule has 9 nitrogen and oxygen atoms in total. The van der Waals surface area contributed by atoms with Gasteiger partial charge >= 0.3 is 12.1 Å². The summed E-state index contributed by atoms with van der Waals surface area (Å²) in [5.74, 6) is -2.23. The molecule has 9 heteroatoms. The topological polar surface area (TPSA) is 128 Å². The fraction of sp³-hybridized carbons (Fsp3) is 0.375. The first-order valence-corrected chi connectivity index (χ1v) is 10.7. The summed E-state index contributed by atoms with van der Waals surface area (Å²) >= 11 is 0. The zero-order valence-corrected chi connectivity index (χ0v) is 18.8. The van der Waals surface area contributed by atoms with Crippen LogP contribution < -0.4 is 10.6 Å². The highest BCUT2D eigenvalue weighted by molar-refractivity contribution is 5.89. The van der Waals surface area contributed by atoms with Gasteiger partial charge in [0.1, 0.15) is 12.6 Å². The highest BCUT2D eigenvalue weighted by atomic mass is 16.5. The molecule has 2 amide bonds. The molecule has 0 unspecified atom stereocenters. The number of hydrogen-bond donors (Lipinski definition) is 4. The van der Waals surface area contributed by atoms with Gasteiger partial charge in [0.05, 0.1) is 6.10 Å². The van der Waals surface area contributed by atoms with Gasteiger partial charge in [-0.1, -0.05) is 48.5 Å². The van der Waals surface area contributed by atoms with E-state index >= 15 is 0 Å². The Morgan fingerprint density at radius 3 is 2.03 bits per heavy atom. The molecule has 2 aromatic carbocycles. The van der Waals surface area contributed by atoms with Crippen molar-refractivity contribution in [3.63, 3.8) is 0 Å². The molecular formula is C24H29N3O6. The van der Waals surface area contributed by atoms with Gasteiger partial charge in [-0.2, -0.15) is 0 Å². The number of rotatable bonds is 9. The Bertz CT molecular complexity index is 977. The minimum Gasteiger partial charge on any atom is -0.480 e. The number of carbonyl (C=O) groups is 3. The molecule has 0 fully saturated rings. The van der Waals surface area contributed by atoms with Crippen molar-refractivity contribution in [1.82, 2.24) is 15.5 Å². The molecule has 176 valence electrons. The summed E-state index contributed by atoms with van der Waals surface area (Å²) in [7, 11) is 3.42. The lowest BCUT2D eigenvalue weighted by atomic mass is 9.98. The number of benzene rings is 2. The second kappa shape index (κ2) is 10.5. The maximum Gasteiger partial charge on any atom is 0.407 e. The zero-order chi connectivity index (χ0) is 24.1. The van der Waals surface area contributed by atoms with Crippen LogP contribution in [0.15, 0.2) is 48.5 Å². The van der Waals surface area contributed by atoms with Crippen molar-refractivity contribution in [3.05, 3.63) is 59.7 Å². The third-order valence-electron chi connectivity index (χ3n) is 5.55. The van der Waals surface area contributed by atoms with E-state index in [1.54, 1.807) is 19.0 Å². The van der Waals surface area contributed by atoms with Gasteiger partial charge in [0.15, 0.2) is 6.04 Å². The number of carbonyl (C=O) groups excluding carboxylic acids is 2. The maximum absolute atomic E-state index is 12.6. The summed E-state index contributed by atoms with van der Waals surface area (Å²) in [6.07, 6.45) is -2.09. The number of alkyl carbamates (subject to hydrolysis) is 1. The number of amides is 2. The monoisotopic (exact) mass is 455 g/mol. The second-order valence-electron chi connectivity index (χ2n) is 8.35. The van der Waals surface area contributed by atoms with Crippen molar-refractivity contribution in [3.8, 4) is 11.1 Å². The molecule has 3 atom stereocenters. The number of ether oxygens (including phenoxy) is 1. The predicted molar refractivity (Wildman–Crippen MR) is 122 cm³/mol. The lowest BCUT2D eigenvalue weighted by molar-refractivity contribution is -0.145. The number of nitrogens with one attached hydrogen (secondary N) is 2. The van der Waals surface area contributed by atoms with E-state index in [4.69, 9.17) is 4.74 Å². The minimum absolute atomic E-state index is 0.0849. The molecular weight excluding hydrogens is 426 g/mol. The molecule has 2 aromatic rings. The first kappa shape index (κ1) is 24.2. The molecule has 0 aromatic heterocycles. The van der Waals surface area contributed by atoms with Crippen molar-refractivity contribution in [2.45, 2.75) is 31.0 Å². The van der Waals surface area contributed by atoms with Crippen molar-refractivity contribution in [2.75, 3.05) is 27.2 Å². The van der Waals surface area contributed by atoms with E-state index in [1.807, 2.05) is 48.5 Å². The first-order chi connectivity index (χ1) is 15.7. The SMILES string of the molecule is C[C@@H](O)[C@H](NC(=O)[C@H](CN(C)C)NC(=O)OCC1c2ccccc2-c2ccccc21)C(=O)O. The van der Waals surface area contributed by atoms with Crippen LogP contribution in [0.3, 0.4) is 0 Å². The molecule has 33 heavy (non-hydrogen) atoms. The maximum atomic E-state index is 12.6. The number of carboxylic acid groups (broad SMARTS) is 1. The van der Waals surface area contributed by atoms with Crippen LogP contribution in [0.1, 0.15) is 24.0 Å². The average Bonchev–Trinajstić information content (AvgIpc) is 3.08. The standard InChI is InChI=1S/C24H29N3O6/c1-14(28)21(23(30)31)26-22(29)20(12-27(2)3)25-24(32)33-13-19-17-10-6-4-8-15(17)16-9-5-7-11-18(16)19/h4-11,14,19-21,28H,12-13H2,1-3H3,(H,25,32)(H,26,29)(H,30,31)/t14-,20+,21+/m1/s1. The minimum atomic E-state index is -1.49. The second-order valence-corrected chi connectivity index (χ2v) is 8.35. The Hall–Kier alpha value is -3.43. The Labute approximate surface area is 192 Å². The summed E-state index contributed by atoms with van der Waals surface area (Å²) in [5, 5.41) is 23.6. The van der Waals surface area contributed by atoms with Gasteiger partial charge in [-0.25, -0.2) is 9.59 Å². The van der Waals surface area contributed by atoms with Crippen LogP contribution in [0.5, 0.6) is 0 Å². The number of nitrogens with zero attached hydrogens (tertiary/aromatic N) is 1. The molecule has 0 bridgehead atoms. The predicted octanol–water partition coefficient (Wildman–Crippen LogP) is 1.41. The fourth-order valence-corrected chi connectivity index (χ4v) is 3.98. The number of carboxylic acids is 1. The van der Waals surface area contributed by atoms with E-state index in [-0.39, 0.29) is 19.1 Å². The molecule has 1 aliphatic rings. The van der Waals surface area contributed by atoms with Crippen molar-refractivity contribution < 1.29 is 29.3 Å². The van der Waals surface area contributed by atoms with Gasteiger partial charge in [0.25, 0.3) is 0 Å². The van der Waals surface area contributed by atoms with E-state index in [0.717, 1.165) is 22.3 Å². The van der Waals surface area contributed by atoms with E-state index in [1.165, 1.54) is 6.92 Å². The summed E-state index contributed by atoms with van der Waals surface area (Å²) < 4.78 is 5.49. The summed E-state index contributed by atoms with van der Waals surface area (Å²) in [6, 6.07) is 13.3. The highest BCUT2D eigenvalue weighted by Gasteiger charge is 2.32. The van der Waals surface area contributed by atoms with Crippen LogP contribution in [0.25, 0.3) is 11.1 Å². The lowest BCUT2D eigenvalue weighted by Gasteiger charge is -2.25. The van der Waals surface area contributed by atoms with Gasteiger partial charge in [-0.05, 0) is 43.3 Å². The Balaban J connectivity index is 1.67. The van der Waals surface area contributed by atoms with Crippen LogP contribution in [0, 0.1) is 0 Å². The van der Waals surface area contributed by atoms with Crippen molar-refractivity contribution in [1.29, 1.82) is 0 Å². The zero-order valence-electron chi connectivity index (χ0n) is 18.8. The van der Waals surface area contributed by atoms with Crippen molar-refractivity contribution >= 4 is 18.0 Å². The van der Waals surface area contributed by atoms with Crippen LogP contribution in [-0.4, -0.2) is 78.5 Å². The quantitative estimate of drug-likeness (QED) is 0.450. The summed E-state index contributed by atoms with van der Waals surface area (Å²) in [4.78, 5) is 38.2. The smallest absolute Gasteiger partial charge is 0.407 e. The number of aliphatic hydroxyl groups is 1. The number of likely N-dealkylation sites (N-methyl/N-ethyl adjacent to an activating group) is 1. The lowest BCUT2D eigenvalue weighted by Crippen LogP contribution is -2.57. The molecule has 0 radical (unpaired) electrons. The van der Waals surface area contributed by atoms with E-state index in [2.05, 4.69) is 10.6 Å². The highest BCUT2D eigenvalue weighted by Crippen LogP contribution is 2.44. The molecule has 1 aliphatic carbocycles. The summed E-state index contributed by atoms with van der Waals surface area (Å²) in [6.45, 7) is 1.46. The van der Waals surface area contributed by atoms with Crippen LogP contribution in [0.4, 0.5) is 4.79 Å². The summed E-state index contributed by atoms with van der Waals surface area (Å²) in [5.41, 5.74) is 4.33. The molecule has 0 saturated carbocycles. The molecule has 0 heterocycles. The molecule has 0 aliphatic heterocycles. The fourth-order valence-electron chi connectivity index (χ4n) is 3.98. The largest absolute Gasteiger partial charge is 0.480 e. The molecule has 0 spiro atoms. The van der Waals surface area contributed by atoms with Gasteiger partial charge in [0, 0.05) is 12.5 Å². The van der Waals surface area contributed by atoms with Gasteiger partial charge in [-0.3, -0.25) is 4.79 Å². The van der Waals surface area contributed by atoms with Crippen LogP contribution in [-0.2, 0) is 14.3 Å². The van der Waals surface area contributed by atoms with E-state index in [9.17, 15) is 24.6 Å². The Kier molecular flexibility index (Phi) is 7.67. The number of hydrogen-bond acceptors (Lipinski definition) is 6. The average molecular weight is 456 g/mol. The Morgan fingerprint density at radius 2 is 1.55 bits per heavy atom.